The Morgan fingerprint density at radius 3 is 2.24 bits per heavy atom. The molecule has 0 saturated carbocycles. The molecule has 0 aliphatic rings. The summed E-state index contributed by atoms with van der Waals surface area (Å²) in [5.74, 6) is -3.34. The molecule has 0 fully saturated rings. The molecule has 37 heavy (non-hydrogen) atoms. The number of carbonyl (C=O) groups is 4. The number of hydrogen-bond acceptors (Lipinski definition) is 10. The summed E-state index contributed by atoms with van der Waals surface area (Å²) in [5.41, 5.74) is -0.113. The summed E-state index contributed by atoms with van der Waals surface area (Å²) < 4.78 is 14.8. The van der Waals surface area contributed by atoms with Crippen LogP contribution in [0.2, 0.25) is 0 Å². The number of esters is 3. The molecule has 0 aliphatic carbocycles. The van der Waals surface area contributed by atoms with Crippen LogP contribution in [0.15, 0.2) is 54.6 Å². The molecule has 3 aromatic rings. The van der Waals surface area contributed by atoms with Gasteiger partial charge in [0.05, 0.1) is 35.3 Å². The van der Waals surface area contributed by atoms with Crippen LogP contribution in [0.4, 0.5) is 10.7 Å². The van der Waals surface area contributed by atoms with Crippen LogP contribution in [0.25, 0.3) is 10.4 Å². The van der Waals surface area contributed by atoms with Crippen molar-refractivity contribution >= 4 is 45.8 Å². The number of thiophene rings is 1. The van der Waals surface area contributed by atoms with Gasteiger partial charge in [0.2, 0.25) is 0 Å². The Kier molecular flexibility index (Phi) is 8.69. The number of amides is 1. The Labute approximate surface area is 215 Å². The van der Waals surface area contributed by atoms with Gasteiger partial charge in [-0.15, -0.1) is 11.3 Å². The summed E-state index contributed by atoms with van der Waals surface area (Å²) in [6.07, 6.45) is -1.36. The van der Waals surface area contributed by atoms with Gasteiger partial charge in [0.25, 0.3) is 11.6 Å². The van der Waals surface area contributed by atoms with E-state index in [1.165, 1.54) is 6.92 Å². The van der Waals surface area contributed by atoms with E-state index in [4.69, 9.17) is 9.47 Å². The van der Waals surface area contributed by atoms with Crippen molar-refractivity contribution in [2.45, 2.75) is 20.0 Å². The van der Waals surface area contributed by atoms with E-state index < -0.39 is 40.5 Å². The maximum absolute atomic E-state index is 12.8. The maximum Gasteiger partial charge on any atom is 0.341 e. The second-order valence-electron chi connectivity index (χ2n) is 7.49. The van der Waals surface area contributed by atoms with E-state index in [1.807, 2.05) is 30.3 Å². The van der Waals surface area contributed by atoms with Crippen molar-refractivity contribution in [1.82, 2.24) is 0 Å². The molecule has 1 atom stereocenters. The fourth-order valence-electron chi connectivity index (χ4n) is 3.15. The first-order valence-electron chi connectivity index (χ1n) is 10.9. The van der Waals surface area contributed by atoms with Gasteiger partial charge in [-0.25, -0.2) is 14.4 Å². The summed E-state index contributed by atoms with van der Waals surface area (Å²) in [6, 6.07) is 13.7. The van der Waals surface area contributed by atoms with Crippen LogP contribution in [-0.4, -0.2) is 48.6 Å². The van der Waals surface area contributed by atoms with Gasteiger partial charge in [-0.05, 0) is 31.5 Å². The Morgan fingerprint density at radius 1 is 1.00 bits per heavy atom. The third kappa shape index (κ3) is 6.55. The van der Waals surface area contributed by atoms with Gasteiger partial charge in [-0.1, -0.05) is 30.3 Å². The first-order chi connectivity index (χ1) is 17.6. The highest BCUT2D eigenvalue weighted by Gasteiger charge is 2.26. The average Bonchev–Trinajstić information content (AvgIpc) is 3.32. The first kappa shape index (κ1) is 27.0. The van der Waals surface area contributed by atoms with E-state index in [0.29, 0.717) is 4.88 Å². The predicted molar refractivity (Wildman–Crippen MR) is 134 cm³/mol. The van der Waals surface area contributed by atoms with Crippen LogP contribution in [-0.2, 0) is 19.0 Å². The lowest BCUT2D eigenvalue weighted by molar-refractivity contribution is -0.384. The van der Waals surface area contributed by atoms with Crippen molar-refractivity contribution in [2.24, 2.45) is 0 Å². The average molecular weight is 527 g/mol. The second kappa shape index (κ2) is 11.9. The molecule has 11 nitrogen and oxygen atoms in total. The molecule has 1 heterocycles. The molecule has 0 aliphatic heterocycles. The molecule has 0 spiro atoms. The van der Waals surface area contributed by atoms with Crippen LogP contribution in [0.5, 0.6) is 0 Å². The number of nitro groups is 1. The fourth-order valence-corrected chi connectivity index (χ4v) is 4.21. The van der Waals surface area contributed by atoms with Crippen LogP contribution in [0, 0.1) is 10.1 Å². The number of carbonyl (C=O) groups excluding carboxylic acids is 4. The van der Waals surface area contributed by atoms with Crippen molar-refractivity contribution in [3.8, 4) is 10.4 Å². The van der Waals surface area contributed by atoms with E-state index in [0.717, 1.165) is 42.2 Å². The highest BCUT2D eigenvalue weighted by Crippen LogP contribution is 2.36. The number of nitro benzene ring substituents is 1. The highest BCUT2D eigenvalue weighted by molar-refractivity contribution is 7.20. The van der Waals surface area contributed by atoms with Crippen molar-refractivity contribution in [1.29, 1.82) is 0 Å². The number of ether oxygens (including phenoxy) is 3. The van der Waals surface area contributed by atoms with Crippen molar-refractivity contribution in [3.63, 3.8) is 0 Å². The fraction of sp³-hybridized carbons (Fsp3) is 0.200. The molecule has 2 aromatic carbocycles. The molecule has 3 rings (SSSR count). The lowest BCUT2D eigenvalue weighted by Crippen LogP contribution is -2.30. The topological polar surface area (TPSA) is 151 Å². The summed E-state index contributed by atoms with van der Waals surface area (Å²) >= 11 is 1.14. The quantitative estimate of drug-likeness (QED) is 0.184. The number of methoxy groups -OCH3 is 1. The van der Waals surface area contributed by atoms with Gasteiger partial charge in [-0.2, -0.15) is 0 Å². The third-order valence-corrected chi connectivity index (χ3v) is 6.06. The van der Waals surface area contributed by atoms with Gasteiger partial charge < -0.3 is 19.5 Å². The minimum absolute atomic E-state index is 0.132. The number of rotatable bonds is 9. The van der Waals surface area contributed by atoms with E-state index in [2.05, 4.69) is 10.1 Å². The van der Waals surface area contributed by atoms with Crippen molar-refractivity contribution < 1.29 is 38.3 Å². The number of anilines is 1. The van der Waals surface area contributed by atoms with Gasteiger partial charge in [0, 0.05) is 17.0 Å². The van der Waals surface area contributed by atoms with Crippen molar-refractivity contribution in [2.75, 3.05) is 19.0 Å². The predicted octanol–water partition coefficient (Wildman–Crippen LogP) is 4.47. The van der Waals surface area contributed by atoms with Crippen molar-refractivity contribution in [3.05, 3.63) is 81.4 Å². The molecular formula is C25H22N2O9S. The number of hydrogen-bond donors (Lipinski definition) is 1. The first-order valence-corrected chi connectivity index (χ1v) is 11.7. The van der Waals surface area contributed by atoms with Crippen LogP contribution < -0.4 is 5.32 Å². The molecule has 1 aromatic heterocycles. The summed E-state index contributed by atoms with van der Waals surface area (Å²) in [4.78, 5) is 60.9. The molecule has 0 bridgehead atoms. The van der Waals surface area contributed by atoms with E-state index >= 15 is 0 Å². The summed E-state index contributed by atoms with van der Waals surface area (Å²) in [5, 5.41) is 14.0. The number of non-ortho nitro benzene ring substituents is 1. The monoisotopic (exact) mass is 526 g/mol. The summed E-state index contributed by atoms with van der Waals surface area (Å²) in [7, 11) is 1.09. The zero-order valence-corrected chi connectivity index (χ0v) is 20.8. The molecule has 12 heteroatoms. The lowest BCUT2D eigenvalue weighted by atomic mass is 10.1. The van der Waals surface area contributed by atoms with E-state index in [1.54, 1.807) is 13.0 Å². The zero-order valence-electron chi connectivity index (χ0n) is 20.0. The van der Waals surface area contributed by atoms with Gasteiger partial charge in [-0.3, -0.25) is 14.9 Å². The molecule has 192 valence electrons. The Bertz CT molecular complexity index is 1350. The van der Waals surface area contributed by atoms with Gasteiger partial charge in [0.1, 0.15) is 5.00 Å². The Balaban J connectivity index is 1.82. The smallest absolute Gasteiger partial charge is 0.341 e. The van der Waals surface area contributed by atoms with Gasteiger partial charge >= 0.3 is 17.9 Å². The SMILES string of the molecule is CCOC(=O)c1cc(-c2ccccc2)sc1NC(=O)C(C)OC(=O)c1cc(C(=O)OC)cc([N+](=O)[O-])c1. The highest BCUT2D eigenvalue weighted by atomic mass is 32.1. The van der Waals surface area contributed by atoms with Crippen LogP contribution in [0.3, 0.4) is 0 Å². The Morgan fingerprint density at radius 2 is 1.65 bits per heavy atom. The largest absolute Gasteiger partial charge is 0.465 e. The second-order valence-corrected chi connectivity index (χ2v) is 8.55. The molecule has 1 N–H and O–H groups in total. The number of nitrogens with one attached hydrogen (secondary N) is 1. The number of benzene rings is 2. The molecule has 0 radical (unpaired) electrons. The molecule has 1 unspecified atom stereocenters. The standard InChI is InChI=1S/C25H22N2O9S/c1-4-35-25(31)19-13-20(15-8-6-5-7-9-15)37-22(19)26-21(28)14(2)36-24(30)17-10-16(23(29)34-3)11-18(12-17)27(32)33/h5-14H,4H2,1-3H3,(H,26,28). The third-order valence-electron chi connectivity index (χ3n) is 4.96. The zero-order chi connectivity index (χ0) is 27.1. The van der Waals surface area contributed by atoms with Crippen LogP contribution >= 0.6 is 11.3 Å². The van der Waals surface area contributed by atoms with Gasteiger partial charge in [0.15, 0.2) is 6.10 Å². The maximum atomic E-state index is 12.8. The number of nitrogens with zero attached hydrogens (tertiary/aromatic N) is 1. The molecule has 1 amide bonds. The minimum Gasteiger partial charge on any atom is -0.465 e. The lowest BCUT2D eigenvalue weighted by Gasteiger charge is -2.14. The Hall–Kier alpha value is -4.58. The minimum atomic E-state index is -1.36. The normalized spacial score (nSPS) is 11.2. The molecular weight excluding hydrogens is 504 g/mol. The molecule has 0 saturated heterocycles. The summed E-state index contributed by atoms with van der Waals surface area (Å²) in [6.45, 7) is 3.08. The van der Waals surface area contributed by atoms with E-state index in [-0.39, 0.29) is 28.3 Å². The van der Waals surface area contributed by atoms with E-state index in [9.17, 15) is 29.3 Å². The van der Waals surface area contributed by atoms with Crippen LogP contribution in [0.1, 0.15) is 44.9 Å².